The summed E-state index contributed by atoms with van der Waals surface area (Å²) in [5, 5.41) is 0. The largest absolute Gasteiger partial charge is 0.314 e. The average molecular weight is 400 g/mol. The van der Waals surface area contributed by atoms with Crippen molar-refractivity contribution >= 4 is 11.6 Å². The van der Waals surface area contributed by atoms with Gasteiger partial charge in [0.05, 0.1) is 0 Å². The van der Waals surface area contributed by atoms with Gasteiger partial charge in [0.2, 0.25) is 5.91 Å². The van der Waals surface area contributed by atoms with Crippen molar-refractivity contribution in [3.05, 3.63) is 102 Å². The van der Waals surface area contributed by atoms with E-state index in [4.69, 9.17) is 0 Å². The summed E-state index contributed by atoms with van der Waals surface area (Å²) in [4.78, 5) is 20.1. The van der Waals surface area contributed by atoms with Crippen molar-refractivity contribution in [3.63, 3.8) is 0 Å². The first-order chi connectivity index (χ1) is 14.7. The summed E-state index contributed by atoms with van der Waals surface area (Å²) in [6.07, 6.45) is 0. The molecule has 1 saturated heterocycles. The van der Waals surface area contributed by atoms with Crippen molar-refractivity contribution in [1.29, 1.82) is 0 Å². The van der Waals surface area contributed by atoms with E-state index >= 15 is 0 Å². The van der Waals surface area contributed by atoms with Crippen molar-refractivity contribution in [2.45, 2.75) is 19.1 Å². The normalized spacial score (nSPS) is 17.6. The smallest absolute Gasteiger partial charge is 0.245 e. The molecule has 0 radical (unpaired) electrons. The lowest BCUT2D eigenvalue weighted by Crippen LogP contribution is -2.58. The van der Waals surface area contributed by atoms with Gasteiger partial charge >= 0.3 is 0 Å². The Bertz CT molecular complexity index is 930. The van der Waals surface area contributed by atoms with Crippen LogP contribution in [0.1, 0.15) is 11.1 Å². The van der Waals surface area contributed by atoms with Crippen LogP contribution in [0.3, 0.4) is 0 Å². The molecule has 3 aromatic rings. The quantitative estimate of drug-likeness (QED) is 0.626. The maximum absolute atomic E-state index is 13.6. The molecule has 4 nitrogen and oxygen atoms in total. The standard InChI is InChI=1S/C26H29N3O/c1-27(24-15-9-4-10-16-24)26(30)25-21-28(19-22-11-5-2-6-12-22)17-18-29(25)20-23-13-7-3-8-14-23/h2-16,25H,17-21H2,1H3. The van der Waals surface area contributed by atoms with E-state index in [0.29, 0.717) is 0 Å². The summed E-state index contributed by atoms with van der Waals surface area (Å²) in [5.74, 6) is 0.148. The number of nitrogens with zero attached hydrogens (tertiary/aromatic N) is 3. The molecule has 3 aromatic carbocycles. The fourth-order valence-electron chi connectivity index (χ4n) is 4.11. The van der Waals surface area contributed by atoms with Crippen LogP contribution in [0, 0.1) is 0 Å². The van der Waals surface area contributed by atoms with Crippen molar-refractivity contribution < 1.29 is 4.79 Å². The Morgan fingerprint density at radius 1 is 0.800 bits per heavy atom. The Morgan fingerprint density at radius 3 is 1.93 bits per heavy atom. The minimum atomic E-state index is -0.173. The van der Waals surface area contributed by atoms with Gasteiger partial charge in [-0.2, -0.15) is 0 Å². The molecule has 1 heterocycles. The molecule has 0 saturated carbocycles. The van der Waals surface area contributed by atoms with Gasteiger partial charge in [0.25, 0.3) is 0 Å². The van der Waals surface area contributed by atoms with Crippen LogP contribution < -0.4 is 4.90 Å². The van der Waals surface area contributed by atoms with Crippen LogP contribution >= 0.6 is 0 Å². The number of carbonyl (C=O) groups is 1. The predicted molar refractivity (Wildman–Crippen MR) is 122 cm³/mol. The molecular formula is C26H29N3O. The van der Waals surface area contributed by atoms with Gasteiger partial charge in [-0.3, -0.25) is 14.6 Å². The topological polar surface area (TPSA) is 26.8 Å². The number of carbonyl (C=O) groups excluding carboxylic acids is 1. The molecule has 30 heavy (non-hydrogen) atoms. The summed E-state index contributed by atoms with van der Waals surface area (Å²) < 4.78 is 0. The van der Waals surface area contributed by atoms with Crippen molar-refractivity contribution in [3.8, 4) is 0 Å². The van der Waals surface area contributed by atoms with Crippen LogP contribution in [0.2, 0.25) is 0 Å². The molecule has 4 rings (SSSR count). The first-order valence-electron chi connectivity index (χ1n) is 10.6. The van der Waals surface area contributed by atoms with Gasteiger partial charge in [-0.15, -0.1) is 0 Å². The molecule has 4 heteroatoms. The molecule has 0 bridgehead atoms. The van der Waals surface area contributed by atoms with E-state index in [0.717, 1.165) is 38.4 Å². The highest BCUT2D eigenvalue weighted by atomic mass is 16.2. The molecule has 1 amide bonds. The first-order valence-corrected chi connectivity index (χ1v) is 10.6. The van der Waals surface area contributed by atoms with Crippen LogP contribution in [0.15, 0.2) is 91.0 Å². The number of anilines is 1. The number of para-hydroxylation sites is 1. The molecule has 1 aliphatic heterocycles. The fourth-order valence-corrected chi connectivity index (χ4v) is 4.11. The zero-order valence-electron chi connectivity index (χ0n) is 17.5. The van der Waals surface area contributed by atoms with Gasteiger partial charge in [-0.1, -0.05) is 78.9 Å². The third-order valence-corrected chi connectivity index (χ3v) is 5.81. The molecular weight excluding hydrogens is 370 g/mol. The third kappa shape index (κ3) is 4.96. The van der Waals surface area contributed by atoms with Gasteiger partial charge < -0.3 is 4.90 Å². The Balaban J connectivity index is 1.53. The molecule has 1 fully saturated rings. The zero-order valence-corrected chi connectivity index (χ0v) is 17.5. The number of likely N-dealkylation sites (N-methyl/N-ethyl adjacent to an activating group) is 1. The highest BCUT2D eigenvalue weighted by molar-refractivity contribution is 5.97. The van der Waals surface area contributed by atoms with Crippen LogP contribution in [-0.4, -0.2) is 48.4 Å². The number of rotatable bonds is 6. The van der Waals surface area contributed by atoms with Crippen molar-refractivity contribution in [1.82, 2.24) is 9.80 Å². The lowest BCUT2D eigenvalue weighted by Gasteiger charge is -2.42. The van der Waals surface area contributed by atoms with Crippen molar-refractivity contribution in [2.75, 3.05) is 31.6 Å². The molecule has 1 aliphatic rings. The Morgan fingerprint density at radius 2 is 1.33 bits per heavy atom. The zero-order chi connectivity index (χ0) is 20.8. The second-order valence-electron chi connectivity index (χ2n) is 7.93. The second kappa shape index (κ2) is 9.70. The highest BCUT2D eigenvalue weighted by Gasteiger charge is 2.34. The van der Waals surface area contributed by atoms with Gasteiger partial charge in [0, 0.05) is 45.5 Å². The predicted octanol–water partition coefficient (Wildman–Crippen LogP) is 4.04. The third-order valence-electron chi connectivity index (χ3n) is 5.81. The van der Waals surface area contributed by atoms with Crippen molar-refractivity contribution in [2.24, 2.45) is 0 Å². The number of amides is 1. The maximum Gasteiger partial charge on any atom is 0.245 e. The van der Waals surface area contributed by atoms with Gasteiger partial charge in [0.1, 0.15) is 6.04 Å². The fraction of sp³-hybridized carbons (Fsp3) is 0.269. The molecule has 154 valence electrons. The van der Waals surface area contributed by atoms with E-state index in [9.17, 15) is 4.79 Å². The average Bonchev–Trinajstić information content (AvgIpc) is 2.81. The van der Waals surface area contributed by atoms with Crippen LogP contribution in [0.25, 0.3) is 0 Å². The summed E-state index contributed by atoms with van der Waals surface area (Å²) in [5.41, 5.74) is 3.47. The summed E-state index contributed by atoms with van der Waals surface area (Å²) in [6.45, 7) is 4.23. The summed E-state index contributed by atoms with van der Waals surface area (Å²) in [6, 6.07) is 30.7. The Labute approximate surface area is 179 Å². The molecule has 0 aromatic heterocycles. The number of benzene rings is 3. The molecule has 0 N–H and O–H groups in total. The Kier molecular flexibility index (Phi) is 6.57. The first kappa shape index (κ1) is 20.3. The minimum Gasteiger partial charge on any atom is -0.314 e. The van der Waals surface area contributed by atoms with E-state index in [1.807, 2.05) is 49.5 Å². The van der Waals surface area contributed by atoms with Gasteiger partial charge in [-0.25, -0.2) is 0 Å². The molecule has 1 unspecified atom stereocenters. The summed E-state index contributed by atoms with van der Waals surface area (Å²) >= 11 is 0. The lowest BCUT2D eigenvalue weighted by molar-refractivity contribution is -0.126. The van der Waals surface area contributed by atoms with E-state index in [1.54, 1.807) is 4.90 Å². The number of hydrogen-bond acceptors (Lipinski definition) is 3. The van der Waals surface area contributed by atoms with Gasteiger partial charge in [0.15, 0.2) is 0 Å². The highest BCUT2D eigenvalue weighted by Crippen LogP contribution is 2.20. The second-order valence-corrected chi connectivity index (χ2v) is 7.93. The Hall–Kier alpha value is -2.95. The van der Waals surface area contributed by atoms with E-state index < -0.39 is 0 Å². The van der Waals surface area contributed by atoms with Crippen LogP contribution in [-0.2, 0) is 17.9 Å². The SMILES string of the molecule is CN(C(=O)C1CN(Cc2ccccc2)CCN1Cc1ccccc1)c1ccccc1. The molecule has 1 atom stereocenters. The minimum absolute atomic E-state index is 0.148. The lowest BCUT2D eigenvalue weighted by atomic mass is 10.1. The maximum atomic E-state index is 13.6. The summed E-state index contributed by atoms with van der Waals surface area (Å²) in [7, 11) is 1.88. The van der Waals surface area contributed by atoms with Gasteiger partial charge in [-0.05, 0) is 23.3 Å². The molecule has 0 aliphatic carbocycles. The van der Waals surface area contributed by atoms with Crippen LogP contribution in [0.5, 0.6) is 0 Å². The van der Waals surface area contributed by atoms with E-state index in [-0.39, 0.29) is 11.9 Å². The number of hydrogen-bond donors (Lipinski definition) is 0. The number of piperazine rings is 1. The molecule has 0 spiro atoms. The van der Waals surface area contributed by atoms with E-state index in [1.165, 1.54) is 11.1 Å². The van der Waals surface area contributed by atoms with Crippen LogP contribution in [0.4, 0.5) is 5.69 Å². The monoisotopic (exact) mass is 399 g/mol. The van der Waals surface area contributed by atoms with E-state index in [2.05, 4.69) is 58.3 Å².